The van der Waals surface area contributed by atoms with E-state index in [1.807, 2.05) is 19.1 Å². The highest BCUT2D eigenvalue weighted by atomic mass is 16.5. The first-order valence-electron chi connectivity index (χ1n) is 10.2. The molecule has 0 radical (unpaired) electrons. The Morgan fingerprint density at radius 1 is 1.24 bits per heavy atom. The number of amides is 2. The minimum absolute atomic E-state index is 0.0155. The number of aromatic nitrogens is 1. The number of carbonyl (C=O) groups excluding carboxylic acids is 2. The van der Waals surface area contributed by atoms with E-state index in [1.165, 1.54) is 4.90 Å². The zero-order valence-electron chi connectivity index (χ0n) is 16.8. The maximum atomic E-state index is 12.7. The topological polar surface area (TPSA) is 95.9 Å². The summed E-state index contributed by atoms with van der Waals surface area (Å²) in [7, 11) is 1.68. The molecule has 1 saturated heterocycles. The van der Waals surface area contributed by atoms with Gasteiger partial charge in [0, 0.05) is 38.4 Å². The van der Waals surface area contributed by atoms with E-state index in [4.69, 9.17) is 4.74 Å². The van der Waals surface area contributed by atoms with Crippen molar-refractivity contribution in [2.75, 3.05) is 26.7 Å². The van der Waals surface area contributed by atoms with E-state index in [0.29, 0.717) is 38.1 Å². The van der Waals surface area contributed by atoms with Crippen LogP contribution in [-0.4, -0.2) is 54.4 Å². The molecule has 3 aliphatic rings. The lowest BCUT2D eigenvalue weighted by Crippen LogP contribution is -2.43. The molecule has 1 saturated carbocycles. The number of ether oxygens (including phenoxy) is 1. The monoisotopic (exact) mass is 397 g/mol. The zero-order valence-corrected chi connectivity index (χ0v) is 16.8. The Labute approximate surface area is 170 Å². The van der Waals surface area contributed by atoms with Crippen LogP contribution in [0.3, 0.4) is 0 Å². The van der Waals surface area contributed by atoms with Crippen molar-refractivity contribution in [3.05, 3.63) is 36.0 Å². The van der Waals surface area contributed by atoms with Crippen LogP contribution in [-0.2, 0) is 16.1 Å². The molecule has 154 valence electrons. The third kappa shape index (κ3) is 3.59. The molecule has 2 bridgehead atoms. The second-order valence-corrected chi connectivity index (χ2v) is 7.58. The summed E-state index contributed by atoms with van der Waals surface area (Å²) in [6, 6.07) is 3.81. The molecule has 4 atom stereocenters. The number of likely N-dealkylation sites (tertiary alicyclic amines) is 1. The van der Waals surface area contributed by atoms with Gasteiger partial charge in [-0.2, -0.15) is 0 Å². The van der Waals surface area contributed by atoms with Crippen LogP contribution >= 0.6 is 0 Å². The third-order valence-electron chi connectivity index (χ3n) is 5.99. The normalized spacial score (nSPS) is 27.5. The van der Waals surface area contributed by atoms with Crippen molar-refractivity contribution in [1.82, 2.24) is 20.5 Å². The molecule has 4 rings (SSSR count). The average Bonchev–Trinajstić information content (AvgIpc) is 3.41. The summed E-state index contributed by atoms with van der Waals surface area (Å²) in [5, 5.41) is 6.40. The number of allylic oxidation sites excluding steroid dienone is 2. The smallest absolute Gasteiger partial charge is 0.233 e. The fraction of sp³-hybridized carbons (Fsp3) is 0.524. The van der Waals surface area contributed by atoms with Gasteiger partial charge in [-0.05, 0) is 31.2 Å². The second kappa shape index (κ2) is 8.23. The Morgan fingerprint density at radius 2 is 1.97 bits per heavy atom. The third-order valence-corrected chi connectivity index (χ3v) is 5.99. The fourth-order valence-corrected chi connectivity index (χ4v) is 4.70. The lowest BCUT2D eigenvalue weighted by Gasteiger charge is -2.19. The van der Waals surface area contributed by atoms with Crippen molar-refractivity contribution in [3.63, 3.8) is 0 Å². The van der Waals surface area contributed by atoms with Gasteiger partial charge in [0.15, 0.2) is 5.96 Å². The molecule has 2 fully saturated rings. The van der Waals surface area contributed by atoms with Crippen molar-refractivity contribution in [2.45, 2.75) is 19.9 Å². The molecule has 0 aromatic carbocycles. The largest absolute Gasteiger partial charge is 0.478 e. The van der Waals surface area contributed by atoms with Crippen LogP contribution in [0.2, 0.25) is 0 Å². The Morgan fingerprint density at radius 3 is 2.62 bits per heavy atom. The zero-order chi connectivity index (χ0) is 20.4. The van der Waals surface area contributed by atoms with Gasteiger partial charge < -0.3 is 15.4 Å². The Bertz CT molecular complexity index is 822. The molecule has 1 aliphatic heterocycles. The van der Waals surface area contributed by atoms with Gasteiger partial charge in [0.25, 0.3) is 0 Å². The van der Waals surface area contributed by atoms with E-state index in [0.717, 1.165) is 12.0 Å². The predicted molar refractivity (Wildman–Crippen MR) is 108 cm³/mol. The molecule has 4 unspecified atom stereocenters. The number of hydrogen-bond acceptors (Lipinski definition) is 5. The number of fused-ring (bicyclic) bond motifs is 5. The Kier molecular flexibility index (Phi) is 5.51. The lowest BCUT2D eigenvalue weighted by molar-refractivity contribution is -0.140. The summed E-state index contributed by atoms with van der Waals surface area (Å²) >= 11 is 0. The number of carbonyl (C=O) groups is 2. The maximum Gasteiger partial charge on any atom is 0.233 e. The van der Waals surface area contributed by atoms with Gasteiger partial charge in [0.05, 0.1) is 18.4 Å². The van der Waals surface area contributed by atoms with Gasteiger partial charge in [-0.1, -0.05) is 18.2 Å². The number of nitrogens with one attached hydrogen (secondary N) is 2. The first kappa shape index (κ1) is 19.4. The molecule has 8 heteroatoms. The van der Waals surface area contributed by atoms with E-state index in [1.54, 1.807) is 13.2 Å². The highest BCUT2D eigenvalue weighted by molar-refractivity contribution is 6.06. The van der Waals surface area contributed by atoms with E-state index in [-0.39, 0.29) is 35.5 Å². The van der Waals surface area contributed by atoms with Gasteiger partial charge in [0.2, 0.25) is 17.7 Å². The molecule has 29 heavy (non-hydrogen) atoms. The van der Waals surface area contributed by atoms with Crippen molar-refractivity contribution in [2.24, 2.45) is 28.7 Å². The number of aliphatic imine (C=N–C) groups is 1. The summed E-state index contributed by atoms with van der Waals surface area (Å²) < 4.78 is 5.54. The van der Waals surface area contributed by atoms with Crippen LogP contribution in [0.1, 0.15) is 18.9 Å². The van der Waals surface area contributed by atoms with Gasteiger partial charge >= 0.3 is 0 Å². The van der Waals surface area contributed by atoms with E-state index < -0.39 is 0 Å². The van der Waals surface area contributed by atoms with E-state index in [9.17, 15) is 9.59 Å². The van der Waals surface area contributed by atoms with Gasteiger partial charge in [-0.25, -0.2) is 4.98 Å². The van der Waals surface area contributed by atoms with E-state index in [2.05, 4.69) is 32.8 Å². The minimum atomic E-state index is -0.141. The number of nitrogens with zero attached hydrogens (tertiary/aromatic N) is 3. The molecular weight excluding hydrogens is 370 g/mol. The first-order valence-corrected chi connectivity index (χ1v) is 10.2. The quantitative estimate of drug-likeness (QED) is 0.308. The molecule has 2 amide bonds. The Balaban J connectivity index is 1.28. The van der Waals surface area contributed by atoms with Crippen LogP contribution < -0.4 is 15.4 Å². The number of imide groups is 1. The molecule has 2 N–H and O–H groups in total. The van der Waals surface area contributed by atoms with Crippen LogP contribution in [0, 0.1) is 23.7 Å². The number of rotatable bonds is 7. The molecule has 0 spiro atoms. The molecule has 8 nitrogen and oxygen atoms in total. The standard InChI is InChI=1S/C21H27N5O3/c1-3-29-18-15(5-4-8-23-18)12-25-21(22-2)24-9-10-26-19(27)16-13-6-7-14(11-13)17(16)20(26)28/h4-8,13-14,16-17H,3,9-12H2,1-2H3,(H2,22,24,25). The van der Waals surface area contributed by atoms with Crippen molar-refractivity contribution < 1.29 is 14.3 Å². The van der Waals surface area contributed by atoms with Crippen LogP contribution in [0.25, 0.3) is 0 Å². The number of guanidine groups is 1. The van der Waals surface area contributed by atoms with Crippen LogP contribution in [0.15, 0.2) is 35.5 Å². The molecule has 1 aromatic heterocycles. The lowest BCUT2D eigenvalue weighted by atomic mass is 9.85. The molecular formula is C21H27N5O3. The SMILES string of the molecule is CCOc1ncccc1CNC(=NC)NCCN1C(=O)C2C3C=CC(C3)C2C1=O. The van der Waals surface area contributed by atoms with E-state index >= 15 is 0 Å². The summed E-state index contributed by atoms with van der Waals surface area (Å²) in [5.41, 5.74) is 0.929. The second-order valence-electron chi connectivity index (χ2n) is 7.58. The highest BCUT2D eigenvalue weighted by Gasteiger charge is 2.58. The van der Waals surface area contributed by atoms with Gasteiger partial charge in [-0.15, -0.1) is 0 Å². The van der Waals surface area contributed by atoms with Crippen molar-refractivity contribution in [3.8, 4) is 5.88 Å². The van der Waals surface area contributed by atoms with Gasteiger partial charge in [-0.3, -0.25) is 19.5 Å². The summed E-state index contributed by atoms with van der Waals surface area (Å²) in [6.07, 6.45) is 6.87. The van der Waals surface area contributed by atoms with Crippen molar-refractivity contribution in [1.29, 1.82) is 0 Å². The predicted octanol–water partition coefficient (Wildman–Crippen LogP) is 0.952. The maximum absolute atomic E-state index is 12.7. The Hall–Kier alpha value is -2.90. The number of hydrogen-bond donors (Lipinski definition) is 2. The minimum Gasteiger partial charge on any atom is -0.478 e. The van der Waals surface area contributed by atoms with Crippen molar-refractivity contribution >= 4 is 17.8 Å². The molecule has 2 aliphatic carbocycles. The van der Waals surface area contributed by atoms with Gasteiger partial charge in [0.1, 0.15) is 0 Å². The van der Waals surface area contributed by atoms with Crippen LogP contribution in [0.4, 0.5) is 0 Å². The fourth-order valence-electron chi connectivity index (χ4n) is 4.70. The first-order chi connectivity index (χ1) is 14.1. The summed E-state index contributed by atoms with van der Waals surface area (Å²) in [6.45, 7) is 3.77. The van der Waals surface area contributed by atoms with Crippen LogP contribution in [0.5, 0.6) is 5.88 Å². The molecule has 1 aromatic rings. The highest BCUT2D eigenvalue weighted by Crippen LogP contribution is 2.52. The summed E-state index contributed by atoms with van der Waals surface area (Å²) in [5.74, 6) is 1.37. The summed E-state index contributed by atoms with van der Waals surface area (Å²) in [4.78, 5) is 35.3. The molecule has 2 heterocycles. The average molecular weight is 397 g/mol. The number of pyridine rings is 1.